The summed E-state index contributed by atoms with van der Waals surface area (Å²) >= 11 is 0. The third-order valence-corrected chi connectivity index (χ3v) is 3.80. The summed E-state index contributed by atoms with van der Waals surface area (Å²) in [5.74, 6) is 2.48. The van der Waals surface area contributed by atoms with Gasteiger partial charge in [-0.05, 0) is 36.8 Å². The van der Waals surface area contributed by atoms with Crippen molar-refractivity contribution in [3.8, 4) is 5.75 Å². The number of nitrogens with zero attached hydrogens (tertiary/aromatic N) is 1. The first-order chi connectivity index (χ1) is 12.3. The van der Waals surface area contributed by atoms with Crippen LogP contribution in [0.1, 0.15) is 18.2 Å². The lowest BCUT2D eigenvalue weighted by molar-refractivity contribution is 0.414. The number of methoxy groups -OCH3 is 1. The molecule has 0 spiro atoms. The quantitative estimate of drug-likeness (QED) is 0.532. The van der Waals surface area contributed by atoms with Crippen molar-refractivity contribution in [1.82, 2.24) is 10.6 Å². The Kier molecular flexibility index (Phi) is 5.57. The Balaban J connectivity index is 1.65. The van der Waals surface area contributed by atoms with E-state index in [2.05, 4.69) is 15.6 Å². The number of fused-ring (bicyclic) bond motifs is 1. The third kappa shape index (κ3) is 4.53. The summed E-state index contributed by atoms with van der Waals surface area (Å²) < 4.78 is 11.1. The van der Waals surface area contributed by atoms with Crippen molar-refractivity contribution in [2.45, 2.75) is 20.0 Å². The molecule has 0 aliphatic carbocycles. The van der Waals surface area contributed by atoms with Crippen molar-refractivity contribution in [2.24, 2.45) is 4.99 Å². The fraction of sp³-hybridized carbons (Fsp3) is 0.250. The summed E-state index contributed by atoms with van der Waals surface area (Å²) in [6.45, 7) is 4.00. The highest BCUT2D eigenvalue weighted by atomic mass is 16.5. The van der Waals surface area contributed by atoms with Crippen LogP contribution < -0.4 is 15.4 Å². The molecule has 0 amide bonds. The van der Waals surface area contributed by atoms with Gasteiger partial charge in [-0.1, -0.05) is 30.3 Å². The number of rotatable bonds is 6. The Bertz CT molecular complexity index is 822. The highest BCUT2D eigenvalue weighted by Gasteiger charge is 2.04. The van der Waals surface area contributed by atoms with E-state index in [9.17, 15) is 0 Å². The van der Waals surface area contributed by atoms with Crippen LogP contribution in [-0.2, 0) is 13.1 Å². The highest BCUT2D eigenvalue weighted by Crippen LogP contribution is 2.18. The van der Waals surface area contributed by atoms with Crippen LogP contribution in [0.15, 0.2) is 64.0 Å². The number of benzene rings is 2. The minimum Gasteiger partial charge on any atom is -0.497 e. The summed E-state index contributed by atoms with van der Waals surface area (Å²) in [5.41, 5.74) is 2.00. The van der Waals surface area contributed by atoms with Crippen LogP contribution in [0.4, 0.5) is 0 Å². The Hall–Kier alpha value is -2.95. The lowest BCUT2D eigenvalue weighted by atomic mass is 10.2. The van der Waals surface area contributed by atoms with Gasteiger partial charge in [0.25, 0.3) is 0 Å². The molecule has 5 nitrogen and oxygen atoms in total. The van der Waals surface area contributed by atoms with E-state index < -0.39 is 0 Å². The first-order valence-corrected chi connectivity index (χ1v) is 8.41. The van der Waals surface area contributed by atoms with Crippen LogP contribution in [-0.4, -0.2) is 19.6 Å². The molecule has 1 heterocycles. The maximum absolute atomic E-state index is 5.83. The molecular weight excluding hydrogens is 314 g/mol. The van der Waals surface area contributed by atoms with Crippen LogP contribution >= 0.6 is 0 Å². The zero-order chi connectivity index (χ0) is 17.5. The topological polar surface area (TPSA) is 58.8 Å². The van der Waals surface area contributed by atoms with E-state index in [1.165, 1.54) is 0 Å². The number of ether oxygens (including phenoxy) is 1. The Morgan fingerprint density at radius 1 is 1.08 bits per heavy atom. The van der Waals surface area contributed by atoms with Crippen LogP contribution in [0.5, 0.6) is 5.75 Å². The second kappa shape index (κ2) is 8.24. The normalized spacial score (nSPS) is 11.5. The average Bonchev–Trinajstić information content (AvgIpc) is 3.07. The molecule has 0 aliphatic rings. The van der Waals surface area contributed by atoms with E-state index in [-0.39, 0.29) is 0 Å². The molecule has 3 rings (SSSR count). The van der Waals surface area contributed by atoms with E-state index in [1.807, 2.05) is 61.5 Å². The number of guanidine groups is 1. The van der Waals surface area contributed by atoms with Gasteiger partial charge in [0.1, 0.15) is 17.1 Å². The molecule has 2 aromatic carbocycles. The molecule has 0 saturated heterocycles. The summed E-state index contributed by atoms with van der Waals surface area (Å²) in [6, 6.07) is 18.0. The smallest absolute Gasteiger partial charge is 0.191 e. The van der Waals surface area contributed by atoms with Crippen LogP contribution in [0.3, 0.4) is 0 Å². The second-order valence-electron chi connectivity index (χ2n) is 5.65. The minimum absolute atomic E-state index is 0.576. The van der Waals surface area contributed by atoms with Crippen molar-refractivity contribution in [1.29, 1.82) is 0 Å². The molecule has 0 aliphatic heterocycles. The number of hydrogen-bond donors (Lipinski definition) is 2. The SMILES string of the molecule is CCNC(=NCc1cccc(OC)c1)NCc1cc2ccccc2o1. The fourth-order valence-corrected chi connectivity index (χ4v) is 2.58. The predicted molar refractivity (Wildman–Crippen MR) is 101 cm³/mol. The highest BCUT2D eigenvalue weighted by molar-refractivity contribution is 5.80. The monoisotopic (exact) mass is 337 g/mol. The summed E-state index contributed by atoms with van der Waals surface area (Å²) in [5, 5.41) is 7.67. The van der Waals surface area contributed by atoms with E-state index in [0.29, 0.717) is 13.1 Å². The number of aliphatic imine (C=N–C) groups is 1. The molecule has 130 valence electrons. The van der Waals surface area contributed by atoms with Gasteiger partial charge < -0.3 is 19.8 Å². The first kappa shape index (κ1) is 16.9. The lowest BCUT2D eigenvalue weighted by Crippen LogP contribution is -2.36. The predicted octanol–water partition coefficient (Wildman–Crippen LogP) is 3.70. The van der Waals surface area contributed by atoms with Gasteiger partial charge in [0.05, 0.1) is 20.2 Å². The number of furan rings is 1. The van der Waals surface area contributed by atoms with Gasteiger partial charge >= 0.3 is 0 Å². The van der Waals surface area contributed by atoms with E-state index in [4.69, 9.17) is 9.15 Å². The van der Waals surface area contributed by atoms with E-state index in [1.54, 1.807) is 7.11 Å². The largest absolute Gasteiger partial charge is 0.497 e. The van der Waals surface area contributed by atoms with Gasteiger partial charge in [0.15, 0.2) is 5.96 Å². The molecule has 0 bridgehead atoms. The maximum Gasteiger partial charge on any atom is 0.191 e. The molecule has 3 aromatic rings. The van der Waals surface area contributed by atoms with E-state index in [0.717, 1.165) is 40.5 Å². The minimum atomic E-state index is 0.576. The second-order valence-corrected chi connectivity index (χ2v) is 5.65. The van der Waals surface area contributed by atoms with Gasteiger partial charge in [-0.2, -0.15) is 0 Å². The molecule has 0 atom stereocenters. The van der Waals surface area contributed by atoms with Gasteiger partial charge in [-0.15, -0.1) is 0 Å². The van der Waals surface area contributed by atoms with Crippen LogP contribution in [0, 0.1) is 0 Å². The number of nitrogens with one attached hydrogen (secondary N) is 2. The van der Waals surface area contributed by atoms with Crippen LogP contribution in [0.25, 0.3) is 11.0 Å². The molecule has 0 saturated carbocycles. The standard InChI is InChI=1S/C20H23N3O2/c1-3-21-20(22-13-15-7-6-9-17(11-15)24-2)23-14-18-12-16-8-4-5-10-19(16)25-18/h4-12H,3,13-14H2,1-2H3,(H2,21,22,23). The summed E-state index contributed by atoms with van der Waals surface area (Å²) in [7, 11) is 1.67. The summed E-state index contributed by atoms with van der Waals surface area (Å²) in [4.78, 5) is 4.63. The maximum atomic E-state index is 5.83. The fourth-order valence-electron chi connectivity index (χ4n) is 2.58. The zero-order valence-corrected chi connectivity index (χ0v) is 14.6. The molecule has 5 heteroatoms. The molecule has 1 aromatic heterocycles. The van der Waals surface area contributed by atoms with Gasteiger partial charge in [0.2, 0.25) is 0 Å². The molecule has 0 unspecified atom stereocenters. The average molecular weight is 337 g/mol. The Labute approximate surface area is 147 Å². The zero-order valence-electron chi connectivity index (χ0n) is 14.6. The molecular formula is C20H23N3O2. The van der Waals surface area contributed by atoms with Crippen LogP contribution in [0.2, 0.25) is 0 Å². The van der Waals surface area contributed by atoms with Gasteiger partial charge in [-0.3, -0.25) is 0 Å². The molecule has 0 radical (unpaired) electrons. The number of para-hydroxylation sites is 1. The first-order valence-electron chi connectivity index (χ1n) is 8.41. The van der Waals surface area contributed by atoms with Gasteiger partial charge in [-0.25, -0.2) is 4.99 Å². The van der Waals surface area contributed by atoms with Crippen molar-refractivity contribution in [3.63, 3.8) is 0 Å². The van der Waals surface area contributed by atoms with E-state index >= 15 is 0 Å². The number of hydrogen-bond acceptors (Lipinski definition) is 3. The van der Waals surface area contributed by atoms with Crippen molar-refractivity contribution < 1.29 is 9.15 Å². The van der Waals surface area contributed by atoms with Crippen molar-refractivity contribution >= 4 is 16.9 Å². The van der Waals surface area contributed by atoms with Crippen molar-refractivity contribution in [2.75, 3.05) is 13.7 Å². The Morgan fingerprint density at radius 3 is 2.76 bits per heavy atom. The van der Waals surface area contributed by atoms with Gasteiger partial charge in [0, 0.05) is 11.9 Å². The Morgan fingerprint density at radius 2 is 1.96 bits per heavy atom. The lowest BCUT2D eigenvalue weighted by Gasteiger charge is -2.10. The molecule has 25 heavy (non-hydrogen) atoms. The molecule has 2 N–H and O–H groups in total. The summed E-state index contributed by atoms with van der Waals surface area (Å²) in [6.07, 6.45) is 0. The molecule has 0 fully saturated rings. The van der Waals surface area contributed by atoms with Crippen molar-refractivity contribution in [3.05, 3.63) is 65.9 Å². The third-order valence-electron chi connectivity index (χ3n) is 3.80.